The van der Waals surface area contributed by atoms with Crippen LogP contribution < -0.4 is 5.32 Å². The van der Waals surface area contributed by atoms with Crippen LogP contribution in [0.3, 0.4) is 0 Å². The Morgan fingerprint density at radius 3 is 3.00 bits per heavy atom. The minimum absolute atomic E-state index is 0.00358. The van der Waals surface area contributed by atoms with Crippen molar-refractivity contribution in [3.05, 3.63) is 35.5 Å². The zero-order valence-electron chi connectivity index (χ0n) is 13.4. The predicted octanol–water partition coefficient (Wildman–Crippen LogP) is 2.27. The highest BCUT2D eigenvalue weighted by molar-refractivity contribution is 7.13. The van der Waals surface area contributed by atoms with Crippen LogP contribution in [0.2, 0.25) is 0 Å². The fraction of sp³-hybridized carbons (Fsp3) is 0.500. The van der Waals surface area contributed by atoms with Gasteiger partial charge in [0.15, 0.2) is 0 Å². The molecule has 6 heteroatoms. The number of aliphatic hydroxyl groups excluding tert-OH is 1. The molecule has 5 nitrogen and oxygen atoms in total. The van der Waals surface area contributed by atoms with Crippen molar-refractivity contribution >= 4 is 17.2 Å². The Kier molecular flexibility index (Phi) is 4.33. The minimum atomic E-state index is 0.00358. The van der Waals surface area contributed by atoms with Gasteiger partial charge >= 0.3 is 0 Å². The number of fused-ring (bicyclic) bond motifs is 2. The number of rotatable bonds is 5. The van der Waals surface area contributed by atoms with Crippen molar-refractivity contribution in [2.45, 2.75) is 31.7 Å². The summed E-state index contributed by atoms with van der Waals surface area (Å²) in [7, 11) is 0. The van der Waals surface area contributed by atoms with Crippen LogP contribution in [0.15, 0.2) is 29.8 Å². The number of amides is 1. The zero-order valence-corrected chi connectivity index (χ0v) is 14.2. The number of pyridine rings is 1. The number of nitrogens with zero attached hydrogens (tertiary/aromatic N) is 2. The Morgan fingerprint density at radius 1 is 1.33 bits per heavy atom. The van der Waals surface area contributed by atoms with Gasteiger partial charge in [0.2, 0.25) is 5.91 Å². The molecule has 0 aliphatic heterocycles. The van der Waals surface area contributed by atoms with Crippen molar-refractivity contribution in [2.24, 2.45) is 17.8 Å². The van der Waals surface area contributed by atoms with Gasteiger partial charge in [-0.1, -0.05) is 6.07 Å². The number of carbonyl (C=O) groups excluding carboxylic acids is 1. The Balaban J connectivity index is 1.39. The van der Waals surface area contributed by atoms with E-state index >= 15 is 0 Å². The molecule has 2 bridgehead atoms. The average Bonchev–Trinajstić information content (AvgIpc) is 3.31. The maximum absolute atomic E-state index is 12.4. The molecule has 2 fully saturated rings. The molecule has 0 saturated heterocycles. The Hall–Kier alpha value is -1.79. The van der Waals surface area contributed by atoms with Crippen LogP contribution in [0.4, 0.5) is 0 Å². The summed E-state index contributed by atoms with van der Waals surface area (Å²) >= 11 is 1.51. The van der Waals surface area contributed by atoms with E-state index in [0.717, 1.165) is 22.8 Å². The average molecular weight is 343 g/mol. The van der Waals surface area contributed by atoms with Crippen molar-refractivity contribution in [3.63, 3.8) is 0 Å². The second-order valence-corrected chi connectivity index (χ2v) is 7.67. The molecule has 2 aromatic rings. The molecule has 2 aliphatic rings. The number of nitrogens with one attached hydrogen (secondary N) is 1. The van der Waals surface area contributed by atoms with E-state index in [1.807, 2.05) is 23.6 Å². The number of thiazole rings is 1. The Morgan fingerprint density at radius 2 is 2.21 bits per heavy atom. The van der Waals surface area contributed by atoms with Crippen molar-refractivity contribution in [1.82, 2.24) is 15.3 Å². The van der Waals surface area contributed by atoms with Gasteiger partial charge in [0, 0.05) is 30.1 Å². The zero-order chi connectivity index (χ0) is 16.5. The molecule has 0 spiro atoms. The predicted molar refractivity (Wildman–Crippen MR) is 92.4 cm³/mol. The van der Waals surface area contributed by atoms with E-state index in [0.29, 0.717) is 11.8 Å². The van der Waals surface area contributed by atoms with Gasteiger partial charge in [-0.25, -0.2) is 4.98 Å². The van der Waals surface area contributed by atoms with Crippen LogP contribution in [0.25, 0.3) is 10.7 Å². The minimum Gasteiger partial charge on any atom is -0.396 e. The van der Waals surface area contributed by atoms with Gasteiger partial charge in [0.25, 0.3) is 0 Å². The van der Waals surface area contributed by atoms with Crippen LogP contribution in [0.1, 0.15) is 25.0 Å². The summed E-state index contributed by atoms with van der Waals surface area (Å²) < 4.78 is 0. The van der Waals surface area contributed by atoms with Gasteiger partial charge in [-0.15, -0.1) is 11.3 Å². The molecule has 2 aliphatic carbocycles. The largest absolute Gasteiger partial charge is 0.396 e. The summed E-state index contributed by atoms with van der Waals surface area (Å²) in [6.07, 6.45) is 5.55. The number of hydrogen-bond acceptors (Lipinski definition) is 5. The lowest BCUT2D eigenvalue weighted by Crippen LogP contribution is -2.45. The lowest BCUT2D eigenvalue weighted by molar-refractivity contribution is -0.122. The number of aliphatic hydroxyl groups is 1. The van der Waals surface area contributed by atoms with Gasteiger partial charge in [0.05, 0.1) is 17.8 Å². The number of aromatic nitrogens is 2. The van der Waals surface area contributed by atoms with E-state index in [-0.39, 0.29) is 30.9 Å². The first-order valence-corrected chi connectivity index (χ1v) is 9.38. The van der Waals surface area contributed by atoms with Gasteiger partial charge < -0.3 is 10.4 Å². The van der Waals surface area contributed by atoms with E-state index in [9.17, 15) is 9.90 Å². The standard InChI is InChI=1S/C18H21N3O2S/c22-9-14-11-4-5-12(7-11)17(14)21-16(23)8-13-10-24-18(20-13)15-3-1-2-6-19-15/h1-3,6,10-12,14,17,22H,4-5,7-9H2,(H,21,23). The number of carbonyl (C=O) groups is 1. The van der Waals surface area contributed by atoms with E-state index < -0.39 is 0 Å². The lowest BCUT2D eigenvalue weighted by Gasteiger charge is -2.30. The topological polar surface area (TPSA) is 75.1 Å². The maximum Gasteiger partial charge on any atom is 0.226 e. The van der Waals surface area contributed by atoms with Crippen LogP contribution in [-0.2, 0) is 11.2 Å². The second kappa shape index (κ2) is 6.61. The molecule has 2 aromatic heterocycles. The molecule has 24 heavy (non-hydrogen) atoms. The third-order valence-electron chi connectivity index (χ3n) is 5.40. The fourth-order valence-corrected chi connectivity index (χ4v) is 5.09. The third-order valence-corrected chi connectivity index (χ3v) is 6.32. The lowest BCUT2D eigenvalue weighted by atomic mass is 9.85. The summed E-state index contributed by atoms with van der Waals surface area (Å²) in [6.45, 7) is 0.173. The smallest absolute Gasteiger partial charge is 0.226 e. The first kappa shape index (κ1) is 15.7. The second-order valence-electron chi connectivity index (χ2n) is 6.81. The Labute approximate surface area is 145 Å². The molecule has 0 radical (unpaired) electrons. The van der Waals surface area contributed by atoms with Crippen molar-refractivity contribution < 1.29 is 9.90 Å². The highest BCUT2D eigenvalue weighted by Gasteiger charge is 2.47. The van der Waals surface area contributed by atoms with E-state index in [4.69, 9.17) is 0 Å². The molecule has 2 N–H and O–H groups in total. The van der Waals surface area contributed by atoms with Crippen LogP contribution in [0, 0.1) is 17.8 Å². The summed E-state index contributed by atoms with van der Waals surface area (Å²) in [4.78, 5) is 21.2. The molecule has 1 amide bonds. The van der Waals surface area contributed by atoms with E-state index in [1.54, 1.807) is 6.20 Å². The van der Waals surface area contributed by atoms with Gasteiger partial charge in [-0.05, 0) is 43.2 Å². The molecule has 126 valence electrons. The summed E-state index contributed by atoms with van der Waals surface area (Å²) in [6, 6.07) is 5.86. The molecule has 4 rings (SSSR count). The monoisotopic (exact) mass is 343 g/mol. The maximum atomic E-state index is 12.4. The van der Waals surface area contributed by atoms with E-state index in [2.05, 4.69) is 15.3 Å². The fourth-order valence-electron chi connectivity index (χ4n) is 4.29. The summed E-state index contributed by atoms with van der Waals surface area (Å²) in [5, 5.41) is 15.5. The van der Waals surface area contributed by atoms with Crippen LogP contribution in [-0.4, -0.2) is 33.6 Å². The van der Waals surface area contributed by atoms with Crippen LogP contribution >= 0.6 is 11.3 Å². The van der Waals surface area contributed by atoms with Crippen LogP contribution in [0.5, 0.6) is 0 Å². The van der Waals surface area contributed by atoms with Gasteiger partial charge in [-0.3, -0.25) is 9.78 Å². The molecule has 0 aromatic carbocycles. The van der Waals surface area contributed by atoms with Gasteiger partial charge in [0.1, 0.15) is 5.01 Å². The highest BCUT2D eigenvalue weighted by atomic mass is 32.1. The molecule has 4 atom stereocenters. The number of hydrogen-bond donors (Lipinski definition) is 2. The molecule has 2 heterocycles. The SMILES string of the molecule is O=C(Cc1csc(-c2ccccn2)n1)NC1C2CCC(C2)C1CO. The molecule has 4 unspecified atom stereocenters. The molecular weight excluding hydrogens is 322 g/mol. The highest BCUT2D eigenvalue weighted by Crippen LogP contribution is 2.48. The molecular formula is C18H21N3O2S. The first-order valence-electron chi connectivity index (χ1n) is 8.50. The first-order chi connectivity index (χ1) is 11.7. The van der Waals surface area contributed by atoms with Crippen molar-refractivity contribution in [3.8, 4) is 10.7 Å². The van der Waals surface area contributed by atoms with Gasteiger partial charge in [-0.2, -0.15) is 0 Å². The Bertz CT molecular complexity index is 718. The third kappa shape index (κ3) is 2.96. The molecule has 2 saturated carbocycles. The van der Waals surface area contributed by atoms with E-state index in [1.165, 1.54) is 24.2 Å². The van der Waals surface area contributed by atoms with Crippen molar-refractivity contribution in [1.29, 1.82) is 0 Å². The normalized spacial score (nSPS) is 28.2. The van der Waals surface area contributed by atoms with Crippen molar-refractivity contribution in [2.75, 3.05) is 6.61 Å². The summed E-state index contributed by atoms with van der Waals surface area (Å²) in [5.41, 5.74) is 1.62. The quantitative estimate of drug-likeness (QED) is 0.873. The summed E-state index contributed by atoms with van der Waals surface area (Å²) in [5.74, 6) is 1.35.